The quantitative estimate of drug-likeness (QED) is 0.639. The van der Waals surface area contributed by atoms with Crippen LogP contribution in [0.3, 0.4) is 0 Å². The first kappa shape index (κ1) is 18.5. The fraction of sp³-hybridized carbons (Fsp3) is 0.647. The van der Waals surface area contributed by atoms with Gasteiger partial charge in [-0.25, -0.2) is 0 Å². The maximum Gasteiger partial charge on any atom is 0.0641 e. The molecule has 120 valence electrons. The van der Waals surface area contributed by atoms with Crippen LogP contribution in [0.25, 0.3) is 0 Å². The SMILES string of the molecule is CCOCCN(CC)c1ccc(Br)cc1CNCC(C)C. The molecule has 0 radical (unpaired) electrons. The molecule has 0 saturated heterocycles. The van der Waals surface area contributed by atoms with Gasteiger partial charge < -0.3 is 15.0 Å². The molecule has 0 bridgehead atoms. The van der Waals surface area contributed by atoms with Crippen LogP contribution in [0, 0.1) is 5.92 Å². The Morgan fingerprint density at radius 3 is 2.67 bits per heavy atom. The molecule has 0 aliphatic carbocycles. The average molecular weight is 357 g/mol. The summed E-state index contributed by atoms with van der Waals surface area (Å²) in [7, 11) is 0. The van der Waals surface area contributed by atoms with Crippen molar-refractivity contribution in [2.45, 2.75) is 34.2 Å². The summed E-state index contributed by atoms with van der Waals surface area (Å²) in [6.45, 7) is 14.1. The molecular formula is C17H29BrN2O. The highest BCUT2D eigenvalue weighted by atomic mass is 79.9. The first-order valence-corrected chi connectivity index (χ1v) is 8.69. The summed E-state index contributed by atoms with van der Waals surface area (Å²) < 4.78 is 6.63. The molecule has 0 atom stereocenters. The van der Waals surface area contributed by atoms with E-state index in [1.807, 2.05) is 6.92 Å². The van der Waals surface area contributed by atoms with Crippen molar-refractivity contribution < 1.29 is 4.74 Å². The Labute approximate surface area is 138 Å². The van der Waals surface area contributed by atoms with Crippen LogP contribution < -0.4 is 10.2 Å². The average Bonchev–Trinajstić information content (AvgIpc) is 2.44. The van der Waals surface area contributed by atoms with Crippen molar-refractivity contribution in [1.29, 1.82) is 0 Å². The highest BCUT2D eigenvalue weighted by molar-refractivity contribution is 9.10. The van der Waals surface area contributed by atoms with E-state index in [9.17, 15) is 0 Å². The van der Waals surface area contributed by atoms with Crippen LogP contribution in [0.1, 0.15) is 33.3 Å². The van der Waals surface area contributed by atoms with E-state index in [0.717, 1.165) is 43.9 Å². The van der Waals surface area contributed by atoms with Gasteiger partial charge in [-0.05, 0) is 50.1 Å². The summed E-state index contributed by atoms with van der Waals surface area (Å²) in [5, 5.41) is 3.54. The number of halogens is 1. The minimum atomic E-state index is 0.667. The number of benzene rings is 1. The van der Waals surface area contributed by atoms with Gasteiger partial charge in [-0.2, -0.15) is 0 Å². The van der Waals surface area contributed by atoms with Crippen molar-refractivity contribution in [3.05, 3.63) is 28.2 Å². The molecule has 1 N–H and O–H groups in total. The van der Waals surface area contributed by atoms with E-state index < -0.39 is 0 Å². The second-order valence-corrected chi connectivity index (χ2v) is 6.49. The standard InChI is InChI=1S/C17H29BrN2O/c1-5-20(9-10-21-6-2)17-8-7-16(18)11-15(17)13-19-12-14(3)4/h7-8,11,14,19H,5-6,9-10,12-13H2,1-4H3. The van der Waals surface area contributed by atoms with Crippen LogP contribution in [0.5, 0.6) is 0 Å². The molecule has 21 heavy (non-hydrogen) atoms. The van der Waals surface area contributed by atoms with Gasteiger partial charge in [0.05, 0.1) is 6.61 Å². The molecule has 0 heterocycles. The van der Waals surface area contributed by atoms with Gasteiger partial charge in [0.2, 0.25) is 0 Å². The summed E-state index contributed by atoms with van der Waals surface area (Å²) in [4.78, 5) is 2.38. The summed E-state index contributed by atoms with van der Waals surface area (Å²) in [6.07, 6.45) is 0. The predicted octanol–water partition coefficient (Wildman–Crippen LogP) is 4.06. The van der Waals surface area contributed by atoms with Crippen LogP contribution in [0.15, 0.2) is 22.7 Å². The smallest absolute Gasteiger partial charge is 0.0641 e. The molecule has 4 heteroatoms. The fourth-order valence-corrected chi connectivity index (χ4v) is 2.68. The van der Waals surface area contributed by atoms with Crippen molar-refractivity contribution in [1.82, 2.24) is 5.32 Å². The number of likely N-dealkylation sites (N-methyl/N-ethyl adjacent to an activating group) is 1. The second kappa shape index (κ2) is 10.2. The van der Waals surface area contributed by atoms with Crippen molar-refractivity contribution in [2.24, 2.45) is 5.92 Å². The van der Waals surface area contributed by atoms with Gasteiger partial charge in [0.1, 0.15) is 0 Å². The Bertz CT molecular complexity index is 410. The van der Waals surface area contributed by atoms with Crippen LogP contribution in [0.2, 0.25) is 0 Å². The van der Waals surface area contributed by atoms with Crippen molar-refractivity contribution in [3.8, 4) is 0 Å². The number of rotatable bonds is 10. The Morgan fingerprint density at radius 2 is 2.05 bits per heavy atom. The third-order valence-corrected chi connectivity index (χ3v) is 3.83. The van der Waals surface area contributed by atoms with E-state index in [1.165, 1.54) is 11.3 Å². The first-order valence-electron chi connectivity index (χ1n) is 7.90. The largest absolute Gasteiger partial charge is 0.380 e. The van der Waals surface area contributed by atoms with Crippen LogP contribution in [-0.4, -0.2) is 32.8 Å². The van der Waals surface area contributed by atoms with Gasteiger partial charge in [-0.15, -0.1) is 0 Å². The van der Waals surface area contributed by atoms with Gasteiger partial charge in [-0.1, -0.05) is 29.8 Å². The molecule has 0 aliphatic heterocycles. The summed E-state index contributed by atoms with van der Waals surface area (Å²) in [6, 6.07) is 6.53. The molecule has 1 rings (SSSR count). The Kier molecular flexibility index (Phi) is 8.97. The Morgan fingerprint density at radius 1 is 1.29 bits per heavy atom. The highest BCUT2D eigenvalue weighted by Crippen LogP contribution is 2.24. The van der Waals surface area contributed by atoms with Crippen molar-refractivity contribution in [2.75, 3.05) is 37.7 Å². The molecule has 0 fully saturated rings. The zero-order valence-electron chi connectivity index (χ0n) is 13.8. The molecule has 0 spiro atoms. The van der Waals surface area contributed by atoms with Gasteiger partial charge in [-0.3, -0.25) is 0 Å². The lowest BCUT2D eigenvalue weighted by Gasteiger charge is -2.26. The number of anilines is 1. The Hall–Kier alpha value is -0.580. The molecule has 1 aromatic rings. The van der Waals surface area contributed by atoms with E-state index in [-0.39, 0.29) is 0 Å². The lowest BCUT2D eigenvalue weighted by molar-refractivity contribution is 0.154. The van der Waals surface area contributed by atoms with Crippen LogP contribution in [0.4, 0.5) is 5.69 Å². The van der Waals surface area contributed by atoms with E-state index in [2.05, 4.69) is 65.1 Å². The molecular weight excluding hydrogens is 328 g/mol. The first-order chi connectivity index (χ1) is 10.1. The number of hydrogen-bond donors (Lipinski definition) is 1. The maximum absolute atomic E-state index is 5.50. The molecule has 3 nitrogen and oxygen atoms in total. The number of nitrogens with one attached hydrogen (secondary N) is 1. The maximum atomic E-state index is 5.50. The summed E-state index contributed by atoms with van der Waals surface area (Å²) in [5.74, 6) is 0.667. The Balaban J connectivity index is 2.77. The number of hydrogen-bond acceptors (Lipinski definition) is 3. The molecule has 1 aromatic carbocycles. The predicted molar refractivity (Wildman–Crippen MR) is 95.1 cm³/mol. The van der Waals surface area contributed by atoms with Crippen LogP contribution >= 0.6 is 15.9 Å². The minimum Gasteiger partial charge on any atom is -0.380 e. The molecule has 0 amide bonds. The molecule has 0 aliphatic rings. The van der Waals surface area contributed by atoms with E-state index in [4.69, 9.17) is 4.74 Å². The lowest BCUT2D eigenvalue weighted by atomic mass is 10.1. The van der Waals surface area contributed by atoms with Gasteiger partial charge in [0, 0.05) is 36.4 Å². The van der Waals surface area contributed by atoms with Crippen LogP contribution in [-0.2, 0) is 11.3 Å². The number of nitrogens with zero attached hydrogens (tertiary/aromatic N) is 1. The lowest BCUT2D eigenvalue weighted by Crippen LogP contribution is -2.29. The zero-order valence-corrected chi connectivity index (χ0v) is 15.4. The summed E-state index contributed by atoms with van der Waals surface area (Å²) in [5.41, 5.74) is 2.64. The molecule has 0 saturated carbocycles. The zero-order chi connectivity index (χ0) is 15.7. The number of ether oxygens (including phenoxy) is 1. The van der Waals surface area contributed by atoms with E-state index >= 15 is 0 Å². The monoisotopic (exact) mass is 356 g/mol. The van der Waals surface area contributed by atoms with Gasteiger partial charge in [0.25, 0.3) is 0 Å². The summed E-state index contributed by atoms with van der Waals surface area (Å²) >= 11 is 3.58. The van der Waals surface area contributed by atoms with Crippen molar-refractivity contribution in [3.63, 3.8) is 0 Å². The third kappa shape index (κ3) is 6.81. The molecule has 0 aromatic heterocycles. The van der Waals surface area contributed by atoms with Crippen molar-refractivity contribution >= 4 is 21.6 Å². The third-order valence-electron chi connectivity index (χ3n) is 3.34. The topological polar surface area (TPSA) is 24.5 Å². The normalized spacial score (nSPS) is 11.1. The minimum absolute atomic E-state index is 0.667. The van der Waals surface area contributed by atoms with E-state index in [1.54, 1.807) is 0 Å². The van der Waals surface area contributed by atoms with E-state index in [0.29, 0.717) is 5.92 Å². The highest BCUT2D eigenvalue weighted by Gasteiger charge is 2.10. The second-order valence-electron chi connectivity index (χ2n) is 5.57. The van der Waals surface area contributed by atoms with Gasteiger partial charge >= 0.3 is 0 Å². The molecule has 0 unspecified atom stereocenters. The fourth-order valence-electron chi connectivity index (χ4n) is 2.27. The van der Waals surface area contributed by atoms with Gasteiger partial charge in [0.15, 0.2) is 0 Å².